The third-order valence-corrected chi connectivity index (χ3v) is 5.06. The van der Waals surface area contributed by atoms with Gasteiger partial charge in [-0.2, -0.15) is 0 Å². The van der Waals surface area contributed by atoms with E-state index >= 15 is 0 Å². The highest BCUT2D eigenvalue weighted by molar-refractivity contribution is 7.89. The molecule has 1 saturated carbocycles. The highest BCUT2D eigenvalue weighted by Gasteiger charge is 2.22. The van der Waals surface area contributed by atoms with E-state index in [-0.39, 0.29) is 17.3 Å². The first-order chi connectivity index (χ1) is 9.88. The molecule has 2 N–H and O–H groups in total. The highest BCUT2D eigenvalue weighted by atomic mass is 32.2. The van der Waals surface area contributed by atoms with Crippen LogP contribution in [0.5, 0.6) is 0 Å². The SMILES string of the molecule is Cc1ccc(S(=O)(=O)NCCCC(=O)NC2CC2)cc1C. The number of sulfonamides is 1. The van der Waals surface area contributed by atoms with Gasteiger partial charge in [0.15, 0.2) is 0 Å². The van der Waals surface area contributed by atoms with Gasteiger partial charge >= 0.3 is 0 Å². The fraction of sp³-hybridized carbons (Fsp3) is 0.533. The zero-order valence-electron chi connectivity index (χ0n) is 12.5. The first-order valence-corrected chi connectivity index (χ1v) is 8.73. The molecule has 1 fully saturated rings. The minimum atomic E-state index is -3.49. The fourth-order valence-corrected chi connectivity index (χ4v) is 3.11. The van der Waals surface area contributed by atoms with Crippen LogP contribution in [0.3, 0.4) is 0 Å². The Bertz CT molecular complexity index is 622. The van der Waals surface area contributed by atoms with Crippen LogP contribution in [-0.2, 0) is 14.8 Å². The molecule has 0 heterocycles. The summed E-state index contributed by atoms with van der Waals surface area (Å²) in [6.45, 7) is 4.10. The van der Waals surface area contributed by atoms with E-state index in [1.807, 2.05) is 13.8 Å². The molecule has 2 rings (SSSR count). The Kier molecular flexibility index (Phi) is 5.00. The Balaban J connectivity index is 1.80. The molecule has 1 aromatic rings. The smallest absolute Gasteiger partial charge is 0.240 e. The molecule has 0 radical (unpaired) electrons. The summed E-state index contributed by atoms with van der Waals surface area (Å²) in [5, 5.41) is 2.88. The standard InChI is InChI=1S/C15H22N2O3S/c1-11-5-8-14(10-12(11)2)21(19,20)16-9-3-4-15(18)17-13-6-7-13/h5,8,10,13,16H,3-4,6-7,9H2,1-2H3,(H,17,18). The minimum absolute atomic E-state index is 0.00267. The third-order valence-electron chi connectivity index (χ3n) is 3.60. The van der Waals surface area contributed by atoms with Crippen LogP contribution in [0.4, 0.5) is 0 Å². The Morgan fingerprint density at radius 2 is 1.95 bits per heavy atom. The van der Waals surface area contributed by atoms with Gasteiger partial charge in [-0.3, -0.25) is 4.79 Å². The number of benzene rings is 1. The van der Waals surface area contributed by atoms with Gasteiger partial charge in [-0.15, -0.1) is 0 Å². The predicted octanol–water partition coefficient (Wildman–Crippen LogP) is 1.64. The largest absolute Gasteiger partial charge is 0.353 e. The van der Waals surface area contributed by atoms with E-state index in [1.165, 1.54) is 0 Å². The van der Waals surface area contributed by atoms with E-state index in [0.717, 1.165) is 24.0 Å². The lowest BCUT2D eigenvalue weighted by Crippen LogP contribution is -2.28. The van der Waals surface area contributed by atoms with Gasteiger partial charge in [-0.25, -0.2) is 13.1 Å². The van der Waals surface area contributed by atoms with Gasteiger partial charge in [0.05, 0.1) is 4.90 Å². The van der Waals surface area contributed by atoms with Gasteiger partial charge in [0.25, 0.3) is 0 Å². The molecule has 1 amide bonds. The van der Waals surface area contributed by atoms with Crippen LogP contribution >= 0.6 is 0 Å². The number of carbonyl (C=O) groups is 1. The van der Waals surface area contributed by atoms with Crippen molar-refractivity contribution in [2.24, 2.45) is 0 Å². The van der Waals surface area contributed by atoms with Crippen molar-refractivity contribution < 1.29 is 13.2 Å². The highest BCUT2D eigenvalue weighted by Crippen LogP contribution is 2.18. The quantitative estimate of drug-likeness (QED) is 0.752. The second-order valence-corrected chi connectivity index (χ2v) is 7.36. The van der Waals surface area contributed by atoms with E-state index < -0.39 is 10.0 Å². The van der Waals surface area contributed by atoms with Crippen molar-refractivity contribution in [1.29, 1.82) is 0 Å². The van der Waals surface area contributed by atoms with Crippen molar-refractivity contribution in [3.63, 3.8) is 0 Å². The molecule has 1 aromatic carbocycles. The molecular formula is C15H22N2O3S. The van der Waals surface area contributed by atoms with Gasteiger partial charge in [-0.1, -0.05) is 6.07 Å². The lowest BCUT2D eigenvalue weighted by atomic mass is 10.1. The van der Waals surface area contributed by atoms with Crippen LogP contribution in [0, 0.1) is 13.8 Å². The van der Waals surface area contributed by atoms with Crippen molar-refractivity contribution in [1.82, 2.24) is 10.0 Å². The van der Waals surface area contributed by atoms with E-state index in [2.05, 4.69) is 10.0 Å². The monoisotopic (exact) mass is 310 g/mol. The molecule has 0 spiro atoms. The van der Waals surface area contributed by atoms with Gasteiger partial charge in [0, 0.05) is 19.0 Å². The average molecular weight is 310 g/mol. The summed E-state index contributed by atoms with van der Waals surface area (Å²) in [5.41, 5.74) is 2.01. The summed E-state index contributed by atoms with van der Waals surface area (Å²) < 4.78 is 26.8. The second-order valence-electron chi connectivity index (χ2n) is 5.59. The zero-order chi connectivity index (χ0) is 15.5. The van der Waals surface area contributed by atoms with Crippen molar-refractivity contribution in [3.8, 4) is 0 Å². The van der Waals surface area contributed by atoms with Gasteiger partial charge in [-0.05, 0) is 56.4 Å². The molecule has 0 unspecified atom stereocenters. The number of hydrogen-bond donors (Lipinski definition) is 2. The summed E-state index contributed by atoms with van der Waals surface area (Å²) in [5.74, 6) is 0.00267. The predicted molar refractivity (Wildman–Crippen MR) is 81.5 cm³/mol. The molecule has 6 heteroatoms. The lowest BCUT2D eigenvalue weighted by molar-refractivity contribution is -0.121. The molecular weight excluding hydrogens is 288 g/mol. The maximum absolute atomic E-state index is 12.1. The van der Waals surface area contributed by atoms with Crippen LogP contribution < -0.4 is 10.0 Å². The Labute approximate surface area is 126 Å². The number of hydrogen-bond acceptors (Lipinski definition) is 3. The molecule has 0 aliphatic heterocycles. The van der Waals surface area contributed by atoms with Gasteiger partial charge < -0.3 is 5.32 Å². The van der Waals surface area contributed by atoms with Crippen LogP contribution in [0.1, 0.15) is 36.8 Å². The number of aryl methyl sites for hydroxylation is 2. The maximum atomic E-state index is 12.1. The zero-order valence-corrected chi connectivity index (χ0v) is 13.3. The molecule has 0 saturated heterocycles. The van der Waals surface area contributed by atoms with Crippen LogP contribution in [0.2, 0.25) is 0 Å². The molecule has 0 bridgehead atoms. The van der Waals surface area contributed by atoms with Crippen molar-refractivity contribution >= 4 is 15.9 Å². The van der Waals surface area contributed by atoms with Crippen LogP contribution in [0.15, 0.2) is 23.1 Å². The summed E-state index contributed by atoms with van der Waals surface area (Å²) >= 11 is 0. The fourth-order valence-electron chi connectivity index (χ4n) is 1.95. The summed E-state index contributed by atoms with van der Waals surface area (Å²) in [4.78, 5) is 11.8. The molecule has 1 aliphatic rings. The molecule has 0 aromatic heterocycles. The lowest BCUT2D eigenvalue weighted by Gasteiger charge is -2.09. The first-order valence-electron chi connectivity index (χ1n) is 7.25. The minimum Gasteiger partial charge on any atom is -0.353 e. The molecule has 116 valence electrons. The van der Waals surface area contributed by atoms with Crippen molar-refractivity contribution in [2.75, 3.05) is 6.54 Å². The Morgan fingerprint density at radius 3 is 2.57 bits per heavy atom. The van der Waals surface area contributed by atoms with Crippen molar-refractivity contribution in [3.05, 3.63) is 29.3 Å². The molecule has 21 heavy (non-hydrogen) atoms. The van der Waals surface area contributed by atoms with Crippen LogP contribution in [-0.4, -0.2) is 26.9 Å². The average Bonchev–Trinajstić information content (AvgIpc) is 3.22. The topological polar surface area (TPSA) is 75.3 Å². The summed E-state index contributed by atoms with van der Waals surface area (Å²) in [6, 6.07) is 5.42. The van der Waals surface area contributed by atoms with E-state index in [1.54, 1.807) is 18.2 Å². The van der Waals surface area contributed by atoms with E-state index in [0.29, 0.717) is 18.9 Å². The normalized spacial score (nSPS) is 15.0. The number of nitrogens with one attached hydrogen (secondary N) is 2. The molecule has 0 atom stereocenters. The number of rotatable bonds is 7. The second kappa shape index (κ2) is 6.58. The first kappa shape index (κ1) is 16.0. The van der Waals surface area contributed by atoms with Gasteiger partial charge in [0.1, 0.15) is 0 Å². The molecule has 1 aliphatic carbocycles. The molecule has 5 nitrogen and oxygen atoms in total. The number of amides is 1. The summed E-state index contributed by atoms with van der Waals surface area (Å²) in [7, 11) is -3.49. The summed E-state index contributed by atoms with van der Waals surface area (Å²) in [6.07, 6.45) is 2.98. The van der Waals surface area contributed by atoms with E-state index in [9.17, 15) is 13.2 Å². The Morgan fingerprint density at radius 1 is 1.24 bits per heavy atom. The van der Waals surface area contributed by atoms with Crippen molar-refractivity contribution in [2.45, 2.75) is 50.5 Å². The van der Waals surface area contributed by atoms with Crippen LogP contribution in [0.25, 0.3) is 0 Å². The Hall–Kier alpha value is -1.40. The maximum Gasteiger partial charge on any atom is 0.240 e. The third kappa shape index (κ3) is 4.82. The van der Waals surface area contributed by atoms with E-state index in [4.69, 9.17) is 0 Å². The number of carbonyl (C=O) groups excluding carboxylic acids is 1. The van der Waals surface area contributed by atoms with Gasteiger partial charge in [0.2, 0.25) is 15.9 Å².